The Kier molecular flexibility index (Phi) is 5.01. The normalized spacial score (nSPS) is 17.4. The van der Waals surface area contributed by atoms with Crippen LogP contribution in [0.15, 0.2) is 36.5 Å². The zero-order chi connectivity index (χ0) is 22.5. The van der Waals surface area contributed by atoms with Gasteiger partial charge in [0.1, 0.15) is 0 Å². The van der Waals surface area contributed by atoms with Gasteiger partial charge in [0.25, 0.3) is 5.91 Å². The van der Waals surface area contributed by atoms with Crippen LogP contribution in [0.4, 0.5) is 0 Å². The predicted molar refractivity (Wildman–Crippen MR) is 120 cm³/mol. The highest BCUT2D eigenvalue weighted by Crippen LogP contribution is 2.41. The fraction of sp³-hybridized carbons (Fsp3) is 0.400. The van der Waals surface area contributed by atoms with E-state index in [1.54, 1.807) is 19.4 Å². The van der Waals surface area contributed by atoms with Crippen molar-refractivity contribution in [3.05, 3.63) is 64.5 Å². The molecule has 2 aromatic heterocycles. The number of nitrogens with zero attached hydrogens (tertiary/aromatic N) is 3. The monoisotopic (exact) mass is 432 g/mol. The Morgan fingerprint density at radius 2 is 2.09 bits per heavy atom. The van der Waals surface area contributed by atoms with Crippen LogP contribution in [0.25, 0.3) is 11.3 Å². The summed E-state index contributed by atoms with van der Waals surface area (Å²) in [6, 6.07) is 9.44. The van der Waals surface area contributed by atoms with Crippen LogP contribution < -0.4 is 4.74 Å². The minimum Gasteiger partial charge on any atom is -0.481 e. The van der Waals surface area contributed by atoms with Crippen molar-refractivity contribution in [1.29, 1.82) is 0 Å². The number of hydrogen-bond donors (Lipinski definition) is 2. The molecule has 0 saturated carbocycles. The van der Waals surface area contributed by atoms with Crippen LogP contribution in [0, 0.1) is 5.41 Å². The van der Waals surface area contributed by atoms with Crippen LogP contribution in [0.3, 0.4) is 0 Å². The highest BCUT2D eigenvalue weighted by molar-refractivity contribution is 5.99. The smallest absolute Gasteiger partial charge is 0.255 e. The molecular formula is C25H28N4O3. The number of carbonyl (C=O) groups is 1. The van der Waals surface area contributed by atoms with Crippen LogP contribution in [0.2, 0.25) is 0 Å². The minimum atomic E-state index is -0.253. The molecule has 0 fully saturated rings. The molecule has 0 radical (unpaired) electrons. The van der Waals surface area contributed by atoms with Gasteiger partial charge in [0, 0.05) is 47.8 Å². The van der Waals surface area contributed by atoms with Crippen molar-refractivity contribution in [2.24, 2.45) is 5.41 Å². The third-order valence-electron chi connectivity index (χ3n) is 6.61. The number of H-pyrrole nitrogens is 1. The van der Waals surface area contributed by atoms with E-state index in [-0.39, 0.29) is 24.0 Å². The van der Waals surface area contributed by atoms with E-state index >= 15 is 0 Å². The number of nitrogens with one attached hydrogen (secondary N) is 1. The van der Waals surface area contributed by atoms with Gasteiger partial charge in [-0.1, -0.05) is 26.0 Å². The van der Waals surface area contributed by atoms with Crippen LogP contribution in [-0.2, 0) is 19.4 Å². The van der Waals surface area contributed by atoms with Crippen LogP contribution in [0.5, 0.6) is 5.88 Å². The minimum absolute atomic E-state index is 0.0166. The highest BCUT2D eigenvalue weighted by atomic mass is 16.5. The van der Waals surface area contributed by atoms with E-state index < -0.39 is 0 Å². The molecule has 0 bridgehead atoms. The second kappa shape index (κ2) is 7.74. The fourth-order valence-electron chi connectivity index (χ4n) is 5.07. The second-order valence-corrected chi connectivity index (χ2v) is 9.51. The van der Waals surface area contributed by atoms with Crippen LogP contribution in [0.1, 0.15) is 59.1 Å². The zero-order valence-electron chi connectivity index (χ0n) is 18.7. The van der Waals surface area contributed by atoms with E-state index in [0.717, 1.165) is 35.2 Å². The summed E-state index contributed by atoms with van der Waals surface area (Å²) in [6.45, 7) is 5.03. The number of ether oxygens (including phenoxy) is 1. The molecule has 0 spiro atoms. The number of aromatic amines is 1. The summed E-state index contributed by atoms with van der Waals surface area (Å²) in [6.07, 6.45) is 4.17. The van der Waals surface area contributed by atoms with Crippen molar-refractivity contribution >= 4 is 5.91 Å². The number of rotatable bonds is 6. The van der Waals surface area contributed by atoms with Crippen molar-refractivity contribution in [3.63, 3.8) is 0 Å². The maximum absolute atomic E-state index is 13.3. The van der Waals surface area contributed by atoms with E-state index in [9.17, 15) is 9.90 Å². The number of fused-ring (bicyclic) bond motifs is 2. The number of hydrogen-bond acceptors (Lipinski definition) is 5. The van der Waals surface area contributed by atoms with Gasteiger partial charge >= 0.3 is 0 Å². The Balaban J connectivity index is 1.45. The third kappa shape index (κ3) is 3.46. The van der Waals surface area contributed by atoms with E-state index in [1.807, 2.05) is 23.1 Å². The molecule has 2 aliphatic rings. The summed E-state index contributed by atoms with van der Waals surface area (Å²) >= 11 is 0. The summed E-state index contributed by atoms with van der Waals surface area (Å²) in [5, 5.41) is 17.5. The highest BCUT2D eigenvalue weighted by Gasteiger charge is 2.35. The lowest BCUT2D eigenvalue weighted by Crippen LogP contribution is -2.30. The molecule has 1 atom stereocenters. The number of carbonyl (C=O) groups excluding carboxylic acids is 1. The van der Waals surface area contributed by atoms with E-state index in [1.165, 1.54) is 11.3 Å². The number of aliphatic hydroxyl groups is 1. The molecule has 2 N–H and O–H groups in total. The van der Waals surface area contributed by atoms with E-state index in [4.69, 9.17) is 4.74 Å². The van der Waals surface area contributed by atoms with Gasteiger partial charge in [-0.3, -0.25) is 9.89 Å². The van der Waals surface area contributed by atoms with Crippen molar-refractivity contribution in [3.8, 4) is 17.1 Å². The Morgan fingerprint density at radius 3 is 2.81 bits per heavy atom. The zero-order valence-corrected chi connectivity index (χ0v) is 18.7. The van der Waals surface area contributed by atoms with Gasteiger partial charge in [-0.05, 0) is 47.9 Å². The average molecular weight is 433 g/mol. The van der Waals surface area contributed by atoms with Crippen molar-refractivity contribution in [2.45, 2.75) is 45.7 Å². The number of aliphatic hydroxyl groups excluding tert-OH is 1. The van der Waals surface area contributed by atoms with Crippen molar-refractivity contribution in [2.75, 3.05) is 13.7 Å². The molecule has 166 valence electrons. The molecule has 3 aromatic rings. The maximum Gasteiger partial charge on any atom is 0.255 e. The molecule has 1 aliphatic carbocycles. The predicted octanol–water partition coefficient (Wildman–Crippen LogP) is 3.68. The topological polar surface area (TPSA) is 91.3 Å². The molecule has 1 aliphatic heterocycles. The Hall–Kier alpha value is -3.19. The lowest BCUT2D eigenvalue weighted by Gasteiger charge is -2.27. The SMILES string of the molecule is COc1ccc([C@@H](CCO)N2Cc3cc(-c4n[nH]c5c4CC(C)(C)C5)ccc3C2=O)cn1. The first-order valence-corrected chi connectivity index (χ1v) is 11.0. The Labute approximate surface area is 187 Å². The molecule has 32 heavy (non-hydrogen) atoms. The van der Waals surface area contributed by atoms with Crippen molar-refractivity contribution in [1.82, 2.24) is 20.1 Å². The Bertz CT molecular complexity index is 1170. The molecule has 7 nitrogen and oxygen atoms in total. The summed E-state index contributed by atoms with van der Waals surface area (Å²) in [5.74, 6) is 0.501. The fourth-order valence-corrected chi connectivity index (χ4v) is 5.07. The summed E-state index contributed by atoms with van der Waals surface area (Å²) in [4.78, 5) is 19.4. The van der Waals surface area contributed by atoms with Gasteiger partial charge in [0.2, 0.25) is 5.88 Å². The molecule has 1 aromatic carbocycles. The molecule has 0 saturated heterocycles. The summed E-state index contributed by atoms with van der Waals surface area (Å²) in [7, 11) is 1.57. The van der Waals surface area contributed by atoms with E-state index in [2.05, 4.69) is 35.1 Å². The van der Waals surface area contributed by atoms with E-state index in [0.29, 0.717) is 24.4 Å². The quantitative estimate of drug-likeness (QED) is 0.620. The van der Waals surface area contributed by atoms with Gasteiger partial charge in [-0.25, -0.2) is 4.98 Å². The molecular weight excluding hydrogens is 404 g/mol. The lowest BCUT2D eigenvalue weighted by molar-refractivity contribution is 0.0670. The van der Waals surface area contributed by atoms with Gasteiger partial charge in [-0.2, -0.15) is 5.10 Å². The first kappa shape index (κ1) is 20.7. The average Bonchev–Trinajstić information content (AvgIpc) is 3.41. The first-order chi connectivity index (χ1) is 15.4. The number of aromatic nitrogens is 3. The van der Waals surface area contributed by atoms with Crippen LogP contribution >= 0.6 is 0 Å². The summed E-state index contributed by atoms with van der Waals surface area (Å²) in [5.41, 5.74) is 7.37. The Morgan fingerprint density at radius 1 is 1.25 bits per heavy atom. The number of pyridine rings is 1. The molecule has 5 rings (SSSR count). The van der Waals surface area contributed by atoms with Gasteiger partial charge in [-0.15, -0.1) is 0 Å². The number of benzene rings is 1. The molecule has 7 heteroatoms. The van der Waals surface area contributed by atoms with Gasteiger partial charge in [0.05, 0.1) is 18.8 Å². The lowest BCUT2D eigenvalue weighted by atomic mass is 9.90. The van der Waals surface area contributed by atoms with Crippen LogP contribution in [-0.4, -0.2) is 44.8 Å². The number of methoxy groups -OCH3 is 1. The third-order valence-corrected chi connectivity index (χ3v) is 6.61. The summed E-state index contributed by atoms with van der Waals surface area (Å²) < 4.78 is 5.15. The maximum atomic E-state index is 13.3. The van der Waals surface area contributed by atoms with Gasteiger partial charge in [0.15, 0.2) is 0 Å². The molecule has 0 unspecified atom stereocenters. The van der Waals surface area contributed by atoms with Gasteiger partial charge < -0.3 is 14.7 Å². The number of amides is 1. The largest absolute Gasteiger partial charge is 0.481 e. The molecule has 1 amide bonds. The molecule has 3 heterocycles. The standard InChI is InChI=1S/C25H28N4O3/c1-25(2)11-19-20(12-25)27-28-23(19)15-4-6-18-17(10-15)14-29(24(18)31)21(8-9-30)16-5-7-22(32-3)26-13-16/h4-7,10,13,21,30H,8-9,11-12,14H2,1-3H3,(H,27,28)/t21-/m1/s1. The van der Waals surface area contributed by atoms with Crippen molar-refractivity contribution < 1.29 is 14.6 Å². The first-order valence-electron chi connectivity index (χ1n) is 11.0. The second-order valence-electron chi connectivity index (χ2n) is 9.51.